The second-order valence-corrected chi connectivity index (χ2v) is 7.20. The number of amides is 1. The molecule has 3 rings (SSSR count). The Morgan fingerprint density at radius 3 is 2.29 bits per heavy atom. The number of carbonyl (C=O) groups is 1. The van der Waals surface area contributed by atoms with Crippen LogP contribution in [0.5, 0.6) is 5.75 Å². The molecule has 2 aromatic carbocycles. The Morgan fingerprint density at radius 2 is 1.61 bits per heavy atom. The van der Waals surface area contributed by atoms with Gasteiger partial charge in [0.15, 0.2) is 0 Å². The fourth-order valence-electron chi connectivity index (χ4n) is 3.60. The summed E-state index contributed by atoms with van der Waals surface area (Å²) in [5.41, 5.74) is 2.16. The third-order valence-electron chi connectivity index (χ3n) is 5.27. The number of aryl methyl sites for hydroxylation is 1. The van der Waals surface area contributed by atoms with E-state index in [1.165, 1.54) is 0 Å². The lowest BCUT2D eigenvalue weighted by Crippen LogP contribution is -2.50. The molecule has 0 spiro atoms. The summed E-state index contributed by atoms with van der Waals surface area (Å²) in [6.07, 6.45) is 0. The lowest BCUT2D eigenvalue weighted by atomic mass is 10.1. The van der Waals surface area contributed by atoms with E-state index in [9.17, 15) is 4.79 Å². The number of hydrogen-bond acceptors (Lipinski definition) is 4. The molecule has 5 nitrogen and oxygen atoms in total. The summed E-state index contributed by atoms with van der Waals surface area (Å²) in [5.74, 6) is 1.10. The Kier molecular flexibility index (Phi) is 7.46. The highest BCUT2D eigenvalue weighted by molar-refractivity contribution is 5.95. The summed E-state index contributed by atoms with van der Waals surface area (Å²) in [6, 6.07) is 18.0. The number of benzene rings is 2. The third-order valence-corrected chi connectivity index (χ3v) is 5.27. The molecular formula is C23H31N3O2. The Balaban J connectivity index is 1.42. The number of ether oxygens (including phenoxy) is 1. The van der Waals surface area contributed by atoms with Gasteiger partial charge in [-0.2, -0.15) is 0 Å². The van der Waals surface area contributed by atoms with Crippen molar-refractivity contribution >= 4 is 11.6 Å². The Labute approximate surface area is 168 Å². The van der Waals surface area contributed by atoms with Crippen LogP contribution in [0.2, 0.25) is 0 Å². The van der Waals surface area contributed by atoms with Gasteiger partial charge in [0.2, 0.25) is 5.91 Å². The minimum Gasteiger partial charge on any atom is -0.492 e. The van der Waals surface area contributed by atoms with Crippen LogP contribution >= 0.6 is 0 Å². The van der Waals surface area contributed by atoms with E-state index in [0.29, 0.717) is 19.7 Å². The van der Waals surface area contributed by atoms with Crippen LogP contribution in [-0.2, 0) is 4.79 Å². The average Bonchev–Trinajstić information content (AvgIpc) is 2.72. The van der Waals surface area contributed by atoms with Gasteiger partial charge < -0.3 is 9.64 Å². The van der Waals surface area contributed by atoms with Gasteiger partial charge in [0.1, 0.15) is 12.4 Å². The van der Waals surface area contributed by atoms with Crippen molar-refractivity contribution in [2.75, 3.05) is 57.3 Å². The summed E-state index contributed by atoms with van der Waals surface area (Å²) < 4.78 is 5.79. The molecule has 0 saturated carbocycles. The molecule has 0 atom stereocenters. The highest BCUT2D eigenvalue weighted by Crippen LogP contribution is 2.19. The van der Waals surface area contributed by atoms with Gasteiger partial charge in [0, 0.05) is 45.0 Å². The molecule has 1 saturated heterocycles. The average molecular weight is 382 g/mol. The number of nitrogens with zero attached hydrogens (tertiary/aromatic N) is 3. The smallest absolute Gasteiger partial charge is 0.241 e. The molecule has 1 fully saturated rings. The molecule has 0 aromatic heterocycles. The number of likely N-dealkylation sites (N-methyl/N-ethyl adjacent to an activating group) is 1. The van der Waals surface area contributed by atoms with Gasteiger partial charge in [-0.25, -0.2) is 0 Å². The molecule has 0 aliphatic carbocycles. The molecule has 0 N–H and O–H groups in total. The SMILES string of the molecule is CCN(C(=O)CN1CCN(CCOc2ccccc2)CC1)c1ccccc1C. The minimum atomic E-state index is 0.178. The van der Waals surface area contributed by atoms with Gasteiger partial charge in [-0.15, -0.1) is 0 Å². The van der Waals surface area contributed by atoms with E-state index >= 15 is 0 Å². The minimum absolute atomic E-state index is 0.178. The number of piperazine rings is 1. The topological polar surface area (TPSA) is 36.0 Å². The first-order chi connectivity index (χ1) is 13.7. The molecule has 28 heavy (non-hydrogen) atoms. The van der Waals surface area contributed by atoms with Crippen LogP contribution in [0.4, 0.5) is 5.69 Å². The Morgan fingerprint density at radius 1 is 0.964 bits per heavy atom. The van der Waals surface area contributed by atoms with Crippen LogP contribution in [0, 0.1) is 6.92 Å². The van der Waals surface area contributed by atoms with Crippen molar-refractivity contribution in [3.8, 4) is 5.75 Å². The zero-order chi connectivity index (χ0) is 19.8. The highest BCUT2D eigenvalue weighted by atomic mass is 16.5. The monoisotopic (exact) mass is 381 g/mol. The van der Waals surface area contributed by atoms with Crippen LogP contribution in [0.1, 0.15) is 12.5 Å². The van der Waals surface area contributed by atoms with Gasteiger partial charge >= 0.3 is 0 Å². The zero-order valence-corrected chi connectivity index (χ0v) is 17.0. The lowest BCUT2D eigenvalue weighted by Gasteiger charge is -2.35. The van der Waals surface area contributed by atoms with E-state index in [4.69, 9.17) is 4.74 Å². The van der Waals surface area contributed by atoms with Crippen molar-refractivity contribution in [2.24, 2.45) is 0 Å². The number of rotatable bonds is 8. The number of carbonyl (C=O) groups excluding carboxylic acids is 1. The standard InChI is InChI=1S/C23H31N3O2/c1-3-26(22-12-8-7-9-20(22)2)23(27)19-25-15-13-24(14-16-25)17-18-28-21-10-5-4-6-11-21/h4-12H,3,13-19H2,1-2H3. The zero-order valence-electron chi connectivity index (χ0n) is 17.0. The first-order valence-electron chi connectivity index (χ1n) is 10.2. The highest BCUT2D eigenvalue weighted by Gasteiger charge is 2.22. The Hall–Kier alpha value is -2.37. The molecule has 5 heteroatoms. The normalized spacial score (nSPS) is 15.4. The van der Waals surface area contributed by atoms with Crippen LogP contribution in [-0.4, -0.2) is 68.1 Å². The van der Waals surface area contributed by atoms with Crippen molar-refractivity contribution < 1.29 is 9.53 Å². The van der Waals surface area contributed by atoms with Crippen molar-refractivity contribution in [1.82, 2.24) is 9.80 Å². The van der Waals surface area contributed by atoms with Gasteiger partial charge in [0.25, 0.3) is 0 Å². The number of anilines is 1. The first-order valence-corrected chi connectivity index (χ1v) is 10.2. The molecule has 1 aliphatic rings. The van der Waals surface area contributed by atoms with Crippen LogP contribution in [0.3, 0.4) is 0 Å². The molecular weight excluding hydrogens is 350 g/mol. The Bertz CT molecular complexity index is 743. The van der Waals surface area contributed by atoms with Gasteiger partial charge in [-0.05, 0) is 37.6 Å². The molecule has 1 amide bonds. The van der Waals surface area contributed by atoms with E-state index in [1.54, 1.807) is 0 Å². The van der Waals surface area contributed by atoms with Crippen LogP contribution < -0.4 is 9.64 Å². The van der Waals surface area contributed by atoms with Gasteiger partial charge in [-0.3, -0.25) is 14.6 Å². The molecule has 150 valence electrons. The summed E-state index contributed by atoms with van der Waals surface area (Å²) in [4.78, 5) is 19.4. The van der Waals surface area contributed by atoms with Crippen molar-refractivity contribution in [1.29, 1.82) is 0 Å². The molecule has 2 aromatic rings. The maximum absolute atomic E-state index is 12.9. The second-order valence-electron chi connectivity index (χ2n) is 7.20. The summed E-state index contributed by atoms with van der Waals surface area (Å²) >= 11 is 0. The summed E-state index contributed by atoms with van der Waals surface area (Å²) in [6.45, 7) is 10.7. The van der Waals surface area contributed by atoms with Crippen LogP contribution in [0.25, 0.3) is 0 Å². The third kappa shape index (κ3) is 5.57. The lowest BCUT2D eigenvalue weighted by molar-refractivity contribution is -0.120. The number of hydrogen-bond donors (Lipinski definition) is 0. The maximum Gasteiger partial charge on any atom is 0.241 e. The predicted octanol–water partition coefficient (Wildman–Crippen LogP) is 3.04. The molecule has 1 aliphatic heterocycles. The van der Waals surface area contributed by atoms with Crippen molar-refractivity contribution in [2.45, 2.75) is 13.8 Å². The fraction of sp³-hybridized carbons (Fsp3) is 0.435. The fourth-order valence-corrected chi connectivity index (χ4v) is 3.60. The predicted molar refractivity (Wildman–Crippen MR) is 114 cm³/mol. The molecule has 0 radical (unpaired) electrons. The van der Waals surface area contributed by atoms with E-state index in [2.05, 4.69) is 22.8 Å². The van der Waals surface area contributed by atoms with Crippen molar-refractivity contribution in [3.63, 3.8) is 0 Å². The number of para-hydroxylation sites is 2. The second kappa shape index (κ2) is 10.2. The summed E-state index contributed by atoms with van der Waals surface area (Å²) in [5, 5.41) is 0. The molecule has 0 unspecified atom stereocenters. The van der Waals surface area contributed by atoms with Crippen LogP contribution in [0.15, 0.2) is 54.6 Å². The summed E-state index contributed by atoms with van der Waals surface area (Å²) in [7, 11) is 0. The first kappa shape index (κ1) is 20.4. The van der Waals surface area contributed by atoms with E-state index < -0.39 is 0 Å². The van der Waals surface area contributed by atoms with E-state index in [0.717, 1.165) is 49.7 Å². The largest absolute Gasteiger partial charge is 0.492 e. The molecule has 0 bridgehead atoms. The van der Waals surface area contributed by atoms with Crippen molar-refractivity contribution in [3.05, 3.63) is 60.2 Å². The maximum atomic E-state index is 12.9. The van der Waals surface area contributed by atoms with Gasteiger partial charge in [-0.1, -0.05) is 36.4 Å². The molecule has 1 heterocycles. The van der Waals surface area contributed by atoms with E-state index in [1.807, 2.05) is 60.4 Å². The van der Waals surface area contributed by atoms with Gasteiger partial charge in [0.05, 0.1) is 6.54 Å². The quantitative estimate of drug-likeness (QED) is 0.704. The van der Waals surface area contributed by atoms with E-state index in [-0.39, 0.29) is 5.91 Å².